The predicted molar refractivity (Wildman–Crippen MR) is 169 cm³/mol. The molecule has 1 saturated heterocycles. The third-order valence-electron chi connectivity index (χ3n) is 9.75. The minimum atomic E-state index is -2.48. The lowest BCUT2D eigenvalue weighted by atomic mass is 9.97. The van der Waals surface area contributed by atoms with Crippen molar-refractivity contribution in [1.29, 1.82) is 0 Å². The summed E-state index contributed by atoms with van der Waals surface area (Å²) >= 11 is 0. The van der Waals surface area contributed by atoms with Crippen molar-refractivity contribution in [2.75, 3.05) is 19.0 Å². The highest BCUT2D eigenvalue weighted by molar-refractivity contribution is 6.75. The van der Waals surface area contributed by atoms with Gasteiger partial charge in [0.15, 0.2) is 31.2 Å². The number of halogens is 1. The van der Waals surface area contributed by atoms with Crippen LogP contribution in [0.3, 0.4) is 0 Å². The lowest BCUT2D eigenvalue weighted by molar-refractivity contribution is -0.133. The van der Waals surface area contributed by atoms with E-state index in [9.17, 15) is 4.79 Å². The van der Waals surface area contributed by atoms with Gasteiger partial charge in [-0.3, -0.25) is 4.57 Å². The Kier molecular flexibility index (Phi) is 9.98. The minimum absolute atomic E-state index is 0.00963. The Labute approximate surface area is 244 Å². The van der Waals surface area contributed by atoms with Crippen molar-refractivity contribution in [2.45, 2.75) is 141 Å². The molecule has 1 fully saturated rings. The van der Waals surface area contributed by atoms with Crippen molar-refractivity contribution in [1.82, 2.24) is 9.55 Å². The molecule has 1 aliphatic heterocycles. The molecule has 0 spiro atoms. The fraction of sp³-hybridized carbons (Fsp3) is 0.857. The average molecular weight is 618 g/mol. The topological polar surface area (TPSA) is 97.8 Å². The number of nitrogen functional groups attached to an aromatic ring is 1. The van der Waals surface area contributed by atoms with Gasteiger partial charge in [-0.15, -0.1) is 0 Å². The standard InChI is InChI=1S/C28H56FN3O5Si3/c1-25(2,3)38(10,11)34-19-28(18-29)22(37-40(14,15)27(7,8)9)21(36-39(12,13)26(4,5)6)23(35-28)32-17-16-20(30)31-24(32)33/h16-17,21-23H,18-19H2,1-15H3,(H2,30,31,33)/t21-,22-,23+,28+/m0/s1. The van der Waals surface area contributed by atoms with Crippen LogP contribution in [0.5, 0.6) is 0 Å². The molecule has 4 atom stereocenters. The highest BCUT2D eigenvalue weighted by Crippen LogP contribution is 2.49. The molecule has 12 heteroatoms. The van der Waals surface area contributed by atoms with E-state index in [-0.39, 0.29) is 27.5 Å². The summed E-state index contributed by atoms with van der Waals surface area (Å²) in [6.07, 6.45) is -1.00. The lowest BCUT2D eigenvalue weighted by Crippen LogP contribution is -2.60. The normalized spacial score (nSPS) is 25.4. The average Bonchev–Trinajstić information content (AvgIpc) is 3.02. The molecule has 0 radical (unpaired) electrons. The lowest BCUT2D eigenvalue weighted by Gasteiger charge is -2.46. The first-order valence-electron chi connectivity index (χ1n) is 14.3. The number of anilines is 1. The van der Waals surface area contributed by atoms with E-state index in [4.69, 9.17) is 23.7 Å². The second-order valence-electron chi connectivity index (χ2n) is 15.9. The number of nitrogens with zero attached hydrogens (tertiary/aromatic N) is 2. The van der Waals surface area contributed by atoms with Crippen molar-refractivity contribution in [3.63, 3.8) is 0 Å². The zero-order valence-corrected chi connectivity index (χ0v) is 30.7. The van der Waals surface area contributed by atoms with E-state index < -0.39 is 61.4 Å². The highest BCUT2D eigenvalue weighted by atomic mass is 28.4. The van der Waals surface area contributed by atoms with Crippen molar-refractivity contribution >= 4 is 30.8 Å². The van der Waals surface area contributed by atoms with Crippen molar-refractivity contribution in [3.8, 4) is 0 Å². The third kappa shape index (κ3) is 7.17. The molecule has 40 heavy (non-hydrogen) atoms. The summed E-state index contributed by atoms with van der Waals surface area (Å²) in [5.41, 5.74) is 3.74. The number of rotatable bonds is 9. The Morgan fingerprint density at radius 3 is 1.82 bits per heavy atom. The van der Waals surface area contributed by atoms with Crippen LogP contribution in [0.15, 0.2) is 17.1 Å². The van der Waals surface area contributed by atoms with E-state index in [1.807, 2.05) is 0 Å². The van der Waals surface area contributed by atoms with Crippen LogP contribution in [-0.2, 0) is 18.0 Å². The van der Waals surface area contributed by atoms with Gasteiger partial charge >= 0.3 is 5.69 Å². The van der Waals surface area contributed by atoms with Crippen molar-refractivity contribution in [3.05, 3.63) is 22.7 Å². The quantitative estimate of drug-likeness (QED) is 0.302. The molecule has 2 rings (SSSR count). The minimum Gasteiger partial charge on any atom is -0.414 e. The molecule has 8 nitrogen and oxygen atoms in total. The van der Waals surface area contributed by atoms with Crippen LogP contribution in [0.2, 0.25) is 54.4 Å². The van der Waals surface area contributed by atoms with E-state index in [2.05, 4.69) is 107 Å². The molecule has 0 saturated carbocycles. The molecule has 0 aliphatic carbocycles. The van der Waals surface area contributed by atoms with E-state index in [0.717, 1.165) is 0 Å². The molecule has 2 N–H and O–H groups in total. The van der Waals surface area contributed by atoms with Gasteiger partial charge < -0.3 is 23.7 Å². The smallest absolute Gasteiger partial charge is 0.351 e. The van der Waals surface area contributed by atoms with Crippen LogP contribution < -0.4 is 11.4 Å². The van der Waals surface area contributed by atoms with Crippen LogP contribution in [0, 0.1) is 0 Å². The predicted octanol–water partition coefficient (Wildman–Crippen LogP) is 6.87. The van der Waals surface area contributed by atoms with Gasteiger partial charge in [-0.1, -0.05) is 62.3 Å². The van der Waals surface area contributed by atoms with Gasteiger partial charge in [0, 0.05) is 6.20 Å². The number of hydrogen-bond acceptors (Lipinski definition) is 7. The summed E-state index contributed by atoms with van der Waals surface area (Å²) < 4.78 is 44.3. The van der Waals surface area contributed by atoms with E-state index in [1.54, 1.807) is 12.3 Å². The number of aromatic nitrogens is 2. The first-order chi connectivity index (χ1) is 17.7. The second-order valence-corrected chi connectivity index (χ2v) is 30.3. The zero-order valence-electron chi connectivity index (χ0n) is 27.7. The first kappa shape index (κ1) is 35.3. The van der Waals surface area contributed by atoms with Crippen molar-refractivity contribution in [2.24, 2.45) is 0 Å². The molecule has 0 bridgehead atoms. The van der Waals surface area contributed by atoms with Gasteiger partial charge in [0.2, 0.25) is 0 Å². The Bertz CT molecular complexity index is 1090. The molecule has 2 heterocycles. The maximum atomic E-state index is 15.6. The molecule has 1 aromatic heterocycles. The SMILES string of the molecule is CC(C)(C)[Si](C)(C)OC[C@@]1(CF)O[C@@H](n2ccc(N)nc2=O)[C@@H](O[Si](C)(C)C(C)(C)C)[C@@H]1O[Si](C)(C)C(C)(C)C. The molecule has 232 valence electrons. The Morgan fingerprint density at radius 1 is 0.925 bits per heavy atom. The maximum absolute atomic E-state index is 15.6. The third-order valence-corrected chi connectivity index (χ3v) is 23.2. The van der Waals surface area contributed by atoms with Gasteiger partial charge in [0.05, 0.1) is 6.61 Å². The molecule has 1 aliphatic rings. The zero-order chi connectivity index (χ0) is 31.3. The van der Waals surface area contributed by atoms with Crippen LogP contribution >= 0.6 is 0 Å². The van der Waals surface area contributed by atoms with Gasteiger partial charge in [-0.05, 0) is 60.5 Å². The van der Waals surface area contributed by atoms with E-state index in [1.165, 1.54) is 4.57 Å². The van der Waals surface area contributed by atoms with E-state index >= 15 is 4.39 Å². The second kappa shape index (κ2) is 11.3. The fourth-order valence-electron chi connectivity index (χ4n) is 3.75. The number of hydrogen-bond donors (Lipinski definition) is 1. The number of nitrogens with two attached hydrogens (primary N) is 1. The summed E-state index contributed by atoms with van der Waals surface area (Å²) in [7, 11) is -7.24. The Hall–Kier alpha value is -0.899. The molecule has 0 amide bonds. The van der Waals surface area contributed by atoms with Crippen molar-refractivity contribution < 1.29 is 22.4 Å². The number of ether oxygens (including phenoxy) is 1. The van der Waals surface area contributed by atoms with Gasteiger partial charge in [-0.25, -0.2) is 9.18 Å². The molecule has 0 unspecified atom stereocenters. The molecule has 1 aromatic rings. The van der Waals surface area contributed by atoms with E-state index in [0.29, 0.717) is 0 Å². The Balaban J connectivity index is 2.80. The summed E-state index contributed by atoms with van der Waals surface area (Å²) in [6, 6.07) is 1.54. The highest BCUT2D eigenvalue weighted by Gasteiger charge is 2.62. The molecular formula is C28H56FN3O5Si3. The number of alkyl halides is 1. The van der Waals surface area contributed by atoms with Crippen LogP contribution in [-0.4, -0.2) is 65.6 Å². The van der Waals surface area contributed by atoms with Crippen LogP contribution in [0.4, 0.5) is 10.2 Å². The largest absolute Gasteiger partial charge is 0.414 e. The van der Waals surface area contributed by atoms with Gasteiger partial charge in [0.1, 0.15) is 30.3 Å². The first-order valence-corrected chi connectivity index (χ1v) is 23.0. The van der Waals surface area contributed by atoms with Crippen LogP contribution in [0.1, 0.15) is 68.5 Å². The Morgan fingerprint density at radius 2 is 1.40 bits per heavy atom. The summed E-state index contributed by atoms with van der Waals surface area (Å²) in [5.74, 6) is 0.105. The molecular weight excluding hydrogens is 562 g/mol. The monoisotopic (exact) mass is 617 g/mol. The van der Waals surface area contributed by atoms with Crippen LogP contribution in [0.25, 0.3) is 0 Å². The van der Waals surface area contributed by atoms with Gasteiger partial charge in [0.25, 0.3) is 0 Å². The fourth-order valence-corrected chi connectivity index (χ4v) is 7.39. The summed E-state index contributed by atoms with van der Waals surface area (Å²) in [4.78, 5) is 17.1. The van der Waals surface area contributed by atoms with Gasteiger partial charge in [-0.2, -0.15) is 4.98 Å². The summed E-state index contributed by atoms with van der Waals surface area (Å²) in [5, 5.41) is -0.399. The maximum Gasteiger partial charge on any atom is 0.351 e. The molecule has 0 aromatic carbocycles. The summed E-state index contributed by atoms with van der Waals surface area (Å²) in [6.45, 7) is 31.3.